The molecule has 1 aromatic rings. The fraction of sp³-hybridized carbons (Fsp3) is 0.600. The third-order valence-corrected chi connectivity index (χ3v) is 3.27. The highest BCUT2D eigenvalue weighted by Gasteiger charge is 2.17. The number of halogens is 1. The van der Waals surface area contributed by atoms with Crippen molar-refractivity contribution in [2.24, 2.45) is 5.73 Å². The average Bonchev–Trinajstić information content (AvgIpc) is 2.36. The molecule has 0 aliphatic heterocycles. The third kappa shape index (κ3) is 4.59. The lowest BCUT2D eigenvalue weighted by molar-refractivity contribution is 0.183. The van der Waals surface area contributed by atoms with Crippen molar-refractivity contribution in [1.82, 2.24) is 0 Å². The van der Waals surface area contributed by atoms with E-state index in [2.05, 4.69) is 13.8 Å². The highest BCUT2D eigenvalue weighted by Crippen LogP contribution is 2.36. The number of rotatable bonds is 7. The first-order valence-corrected chi connectivity index (χ1v) is 7.18. The predicted molar refractivity (Wildman–Crippen MR) is 80.4 cm³/mol. The van der Waals surface area contributed by atoms with E-state index in [0.717, 1.165) is 24.2 Å². The highest BCUT2D eigenvalue weighted by molar-refractivity contribution is 6.30. The van der Waals surface area contributed by atoms with E-state index >= 15 is 0 Å². The van der Waals surface area contributed by atoms with E-state index in [0.29, 0.717) is 17.2 Å². The summed E-state index contributed by atoms with van der Waals surface area (Å²) in [5.41, 5.74) is 6.90. The molecule has 0 radical (unpaired) electrons. The SMILES string of the molecule is CCC(CC)Oc1c(CC(C)N)cc(Cl)cc1OC. The molecule has 0 saturated heterocycles. The van der Waals surface area contributed by atoms with E-state index in [1.807, 2.05) is 13.0 Å². The van der Waals surface area contributed by atoms with Gasteiger partial charge >= 0.3 is 0 Å². The molecular formula is C15H24ClNO2. The molecule has 0 aliphatic carbocycles. The molecule has 0 fully saturated rings. The molecule has 0 bridgehead atoms. The summed E-state index contributed by atoms with van der Waals surface area (Å²) in [6, 6.07) is 3.74. The standard InChI is InChI=1S/C15H24ClNO2/c1-5-13(6-2)19-15-11(7-10(3)17)8-12(16)9-14(15)18-4/h8-10,13H,5-7,17H2,1-4H3. The van der Waals surface area contributed by atoms with Crippen LogP contribution in [0.15, 0.2) is 12.1 Å². The normalized spacial score (nSPS) is 12.6. The zero-order valence-corrected chi connectivity index (χ0v) is 13.0. The molecule has 4 heteroatoms. The summed E-state index contributed by atoms with van der Waals surface area (Å²) in [6.07, 6.45) is 2.81. The molecule has 1 atom stereocenters. The maximum atomic E-state index is 6.11. The van der Waals surface area contributed by atoms with E-state index in [4.69, 9.17) is 26.8 Å². The monoisotopic (exact) mass is 285 g/mol. The minimum absolute atomic E-state index is 0.0484. The molecule has 1 unspecified atom stereocenters. The Morgan fingerprint density at radius 1 is 1.26 bits per heavy atom. The summed E-state index contributed by atoms with van der Waals surface area (Å²) < 4.78 is 11.5. The van der Waals surface area contributed by atoms with E-state index in [9.17, 15) is 0 Å². The van der Waals surface area contributed by atoms with Gasteiger partial charge in [0.1, 0.15) is 0 Å². The van der Waals surface area contributed by atoms with Crippen molar-refractivity contribution in [2.45, 2.75) is 52.2 Å². The Balaban J connectivity index is 3.15. The maximum absolute atomic E-state index is 6.11. The molecule has 19 heavy (non-hydrogen) atoms. The number of ether oxygens (including phenoxy) is 2. The molecule has 0 heterocycles. The molecule has 3 nitrogen and oxygen atoms in total. The Labute approximate surface area is 121 Å². The zero-order chi connectivity index (χ0) is 14.4. The molecular weight excluding hydrogens is 262 g/mol. The fourth-order valence-electron chi connectivity index (χ4n) is 2.03. The lowest BCUT2D eigenvalue weighted by atomic mass is 10.1. The maximum Gasteiger partial charge on any atom is 0.164 e. The number of methoxy groups -OCH3 is 1. The largest absolute Gasteiger partial charge is 0.493 e. The van der Waals surface area contributed by atoms with E-state index < -0.39 is 0 Å². The second kappa shape index (κ2) is 7.61. The molecule has 0 saturated carbocycles. The van der Waals surface area contributed by atoms with Crippen molar-refractivity contribution in [1.29, 1.82) is 0 Å². The fourth-order valence-corrected chi connectivity index (χ4v) is 2.26. The summed E-state index contributed by atoms with van der Waals surface area (Å²) in [5.74, 6) is 1.45. The van der Waals surface area contributed by atoms with Crippen molar-refractivity contribution in [3.05, 3.63) is 22.7 Å². The van der Waals surface area contributed by atoms with Crippen molar-refractivity contribution in [3.63, 3.8) is 0 Å². The van der Waals surface area contributed by atoms with Gasteiger partial charge in [0.15, 0.2) is 11.5 Å². The van der Waals surface area contributed by atoms with Crippen LogP contribution >= 0.6 is 11.6 Å². The van der Waals surface area contributed by atoms with Gasteiger partial charge in [-0.15, -0.1) is 0 Å². The minimum atomic E-state index is 0.0484. The van der Waals surface area contributed by atoms with Crippen LogP contribution in [0.2, 0.25) is 5.02 Å². The van der Waals surface area contributed by atoms with E-state index in [-0.39, 0.29) is 12.1 Å². The summed E-state index contributed by atoms with van der Waals surface area (Å²) in [5, 5.41) is 0.643. The van der Waals surface area contributed by atoms with Crippen LogP contribution in [-0.2, 0) is 6.42 Å². The summed E-state index contributed by atoms with van der Waals surface area (Å²) in [4.78, 5) is 0. The number of hydrogen-bond acceptors (Lipinski definition) is 3. The van der Waals surface area contributed by atoms with Crippen LogP contribution in [0.1, 0.15) is 39.2 Å². The number of hydrogen-bond donors (Lipinski definition) is 1. The lowest BCUT2D eigenvalue weighted by Crippen LogP contribution is -2.20. The van der Waals surface area contributed by atoms with Crippen LogP contribution in [-0.4, -0.2) is 19.3 Å². The second-order valence-corrected chi connectivity index (χ2v) is 5.27. The molecule has 108 valence electrons. The van der Waals surface area contributed by atoms with Crippen LogP contribution < -0.4 is 15.2 Å². The van der Waals surface area contributed by atoms with Crippen molar-refractivity contribution >= 4 is 11.6 Å². The van der Waals surface area contributed by atoms with Gasteiger partial charge in [-0.2, -0.15) is 0 Å². The molecule has 0 aliphatic rings. The van der Waals surface area contributed by atoms with Gasteiger partial charge in [-0.05, 0) is 32.3 Å². The molecule has 1 aromatic carbocycles. The van der Waals surface area contributed by atoms with Gasteiger partial charge in [-0.25, -0.2) is 0 Å². The topological polar surface area (TPSA) is 44.5 Å². The molecule has 1 rings (SSSR count). The van der Waals surface area contributed by atoms with Crippen LogP contribution in [0, 0.1) is 0 Å². The molecule has 0 aromatic heterocycles. The van der Waals surface area contributed by atoms with Crippen molar-refractivity contribution in [3.8, 4) is 11.5 Å². The highest BCUT2D eigenvalue weighted by atomic mass is 35.5. The third-order valence-electron chi connectivity index (χ3n) is 3.05. The average molecular weight is 286 g/mol. The number of nitrogens with two attached hydrogens (primary N) is 1. The summed E-state index contributed by atoms with van der Waals surface area (Å²) in [6.45, 7) is 6.19. The summed E-state index contributed by atoms with van der Waals surface area (Å²) in [7, 11) is 1.63. The Morgan fingerprint density at radius 2 is 1.89 bits per heavy atom. The smallest absolute Gasteiger partial charge is 0.164 e. The Kier molecular flexibility index (Phi) is 6.46. The predicted octanol–water partition coefficient (Wildman–Crippen LogP) is 3.81. The summed E-state index contributed by atoms with van der Waals surface area (Å²) >= 11 is 6.11. The first-order valence-electron chi connectivity index (χ1n) is 6.80. The lowest BCUT2D eigenvalue weighted by Gasteiger charge is -2.21. The van der Waals surface area contributed by atoms with Crippen LogP contribution in [0.25, 0.3) is 0 Å². The van der Waals surface area contributed by atoms with Crippen LogP contribution in [0.4, 0.5) is 0 Å². The zero-order valence-electron chi connectivity index (χ0n) is 12.2. The molecule has 2 N–H and O–H groups in total. The van der Waals surface area contributed by atoms with Gasteiger partial charge in [0, 0.05) is 22.7 Å². The van der Waals surface area contributed by atoms with Gasteiger partial charge in [0.25, 0.3) is 0 Å². The molecule has 0 spiro atoms. The second-order valence-electron chi connectivity index (χ2n) is 4.83. The van der Waals surface area contributed by atoms with Gasteiger partial charge < -0.3 is 15.2 Å². The van der Waals surface area contributed by atoms with Gasteiger partial charge in [-0.3, -0.25) is 0 Å². The Bertz CT molecular complexity index is 403. The van der Waals surface area contributed by atoms with Crippen molar-refractivity contribution < 1.29 is 9.47 Å². The van der Waals surface area contributed by atoms with Gasteiger partial charge in [0.2, 0.25) is 0 Å². The quantitative estimate of drug-likeness (QED) is 0.828. The minimum Gasteiger partial charge on any atom is -0.493 e. The molecule has 0 amide bonds. The Hall–Kier alpha value is -0.930. The van der Waals surface area contributed by atoms with Gasteiger partial charge in [0.05, 0.1) is 13.2 Å². The van der Waals surface area contributed by atoms with Crippen LogP contribution in [0.5, 0.6) is 11.5 Å². The first kappa shape index (κ1) is 16.1. The van der Waals surface area contributed by atoms with E-state index in [1.165, 1.54) is 0 Å². The van der Waals surface area contributed by atoms with Crippen molar-refractivity contribution in [2.75, 3.05) is 7.11 Å². The Morgan fingerprint density at radius 3 is 2.37 bits per heavy atom. The number of benzene rings is 1. The van der Waals surface area contributed by atoms with E-state index in [1.54, 1.807) is 13.2 Å². The van der Waals surface area contributed by atoms with Gasteiger partial charge in [-0.1, -0.05) is 25.4 Å². The first-order chi connectivity index (χ1) is 9.01. The van der Waals surface area contributed by atoms with Crippen LogP contribution in [0.3, 0.4) is 0 Å².